The zero-order chi connectivity index (χ0) is 15.2. The largest absolute Gasteiger partial charge is 0.396 e. The number of nitrogens with zero attached hydrogens (tertiary/aromatic N) is 2. The Balaban J connectivity index is 1.96. The number of piperidine rings is 1. The van der Waals surface area contributed by atoms with E-state index < -0.39 is 0 Å². The van der Waals surface area contributed by atoms with E-state index in [2.05, 4.69) is 15.2 Å². The zero-order valence-corrected chi connectivity index (χ0v) is 13.3. The van der Waals surface area contributed by atoms with E-state index in [0.29, 0.717) is 23.7 Å². The second-order valence-electron chi connectivity index (χ2n) is 5.59. The van der Waals surface area contributed by atoms with Gasteiger partial charge in [0.1, 0.15) is 10.7 Å². The van der Waals surface area contributed by atoms with Crippen molar-refractivity contribution in [2.75, 3.05) is 36.9 Å². The van der Waals surface area contributed by atoms with Gasteiger partial charge in [-0.25, -0.2) is 4.98 Å². The molecule has 0 radical (unpaired) electrons. The fraction of sp³-hybridized carbons (Fsp3) is 0.714. The molecule has 1 aliphatic heterocycles. The molecule has 0 aliphatic carbocycles. The summed E-state index contributed by atoms with van der Waals surface area (Å²) in [4.78, 5) is 19.2. The van der Waals surface area contributed by atoms with Crippen LogP contribution in [0.5, 0.6) is 0 Å². The molecule has 4 N–H and O–H groups in total. The van der Waals surface area contributed by atoms with Crippen molar-refractivity contribution in [2.45, 2.75) is 32.6 Å². The van der Waals surface area contributed by atoms with E-state index in [1.54, 1.807) is 0 Å². The fourth-order valence-electron chi connectivity index (χ4n) is 2.37. The Labute approximate surface area is 129 Å². The number of carbonyl (C=O) groups excluding carboxylic acids is 1. The highest BCUT2D eigenvalue weighted by atomic mass is 32.1. The van der Waals surface area contributed by atoms with Crippen molar-refractivity contribution < 1.29 is 9.90 Å². The van der Waals surface area contributed by atoms with E-state index in [4.69, 9.17) is 10.8 Å². The van der Waals surface area contributed by atoms with Crippen molar-refractivity contribution in [3.63, 3.8) is 0 Å². The van der Waals surface area contributed by atoms with Crippen LogP contribution in [-0.2, 0) is 0 Å². The van der Waals surface area contributed by atoms with Gasteiger partial charge in [-0.1, -0.05) is 18.3 Å². The number of nitrogen functional groups attached to an aromatic ring is 1. The third-order valence-corrected chi connectivity index (χ3v) is 4.84. The van der Waals surface area contributed by atoms with Gasteiger partial charge in [0.2, 0.25) is 0 Å². The number of aromatic nitrogens is 1. The second-order valence-corrected chi connectivity index (χ2v) is 6.56. The summed E-state index contributed by atoms with van der Waals surface area (Å²) in [5.41, 5.74) is 5.89. The number of nitrogens with two attached hydrogens (primary N) is 1. The lowest BCUT2D eigenvalue weighted by Crippen LogP contribution is -2.29. The van der Waals surface area contributed by atoms with Crippen LogP contribution in [0.25, 0.3) is 0 Å². The first kappa shape index (κ1) is 16.0. The lowest BCUT2D eigenvalue weighted by molar-refractivity contribution is 0.0950. The standard InChI is InChI=1S/C14H24N4O2S/c1-10(5-8-19)9-16-13(20)11-12(15)17-14(21-11)18-6-3-2-4-7-18/h10,19H,2-9,15H2,1H3,(H,16,20). The topological polar surface area (TPSA) is 91.5 Å². The molecule has 7 heteroatoms. The summed E-state index contributed by atoms with van der Waals surface area (Å²) in [6.07, 6.45) is 4.27. The minimum absolute atomic E-state index is 0.138. The summed E-state index contributed by atoms with van der Waals surface area (Å²) in [5.74, 6) is 0.389. The monoisotopic (exact) mass is 312 g/mol. The van der Waals surface area contributed by atoms with Gasteiger partial charge < -0.3 is 21.1 Å². The number of amides is 1. The number of nitrogens with one attached hydrogen (secondary N) is 1. The Morgan fingerprint density at radius 1 is 1.48 bits per heavy atom. The lowest BCUT2D eigenvalue weighted by atomic mass is 10.1. The summed E-state index contributed by atoms with van der Waals surface area (Å²) in [7, 11) is 0. The smallest absolute Gasteiger partial charge is 0.265 e. The molecule has 1 unspecified atom stereocenters. The quantitative estimate of drug-likeness (QED) is 0.740. The van der Waals surface area contributed by atoms with Gasteiger partial charge in [0.05, 0.1) is 0 Å². The van der Waals surface area contributed by atoms with Gasteiger partial charge in [0.15, 0.2) is 5.13 Å². The van der Waals surface area contributed by atoms with Gasteiger partial charge in [0.25, 0.3) is 5.91 Å². The van der Waals surface area contributed by atoms with Gasteiger partial charge in [-0.2, -0.15) is 0 Å². The Hall–Kier alpha value is -1.34. The predicted molar refractivity (Wildman–Crippen MR) is 85.8 cm³/mol. The van der Waals surface area contributed by atoms with Crippen molar-refractivity contribution in [3.05, 3.63) is 4.88 Å². The molecule has 0 spiro atoms. The number of anilines is 2. The van der Waals surface area contributed by atoms with Crippen molar-refractivity contribution in [2.24, 2.45) is 5.92 Å². The number of aliphatic hydroxyl groups is 1. The molecule has 1 aliphatic rings. The van der Waals surface area contributed by atoms with Gasteiger partial charge >= 0.3 is 0 Å². The Kier molecular flexibility index (Phi) is 5.81. The maximum atomic E-state index is 12.2. The van der Waals surface area contributed by atoms with E-state index in [-0.39, 0.29) is 18.4 Å². The molecule has 1 amide bonds. The average Bonchev–Trinajstić information content (AvgIpc) is 2.88. The highest BCUT2D eigenvalue weighted by Crippen LogP contribution is 2.29. The summed E-state index contributed by atoms with van der Waals surface area (Å²) in [5, 5.41) is 12.6. The first-order valence-electron chi connectivity index (χ1n) is 7.52. The molecular weight excluding hydrogens is 288 g/mol. The normalized spacial score (nSPS) is 16.8. The zero-order valence-electron chi connectivity index (χ0n) is 12.5. The average molecular weight is 312 g/mol. The molecule has 1 atom stereocenters. The lowest BCUT2D eigenvalue weighted by Gasteiger charge is -2.25. The number of aliphatic hydroxyl groups excluding tert-OH is 1. The summed E-state index contributed by atoms with van der Waals surface area (Å²) >= 11 is 1.37. The number of hydrogen-bond donors (Lipinski definition) is 3. The molecule has 0 aromatic carbocycles. The van der Waals surface area contributed by atoms with E-state index >= 15 is 0 Å². The molecule has 2 rings (SSSR count). The molecule has 21 heavy (non-hydrogen) atoms. The van der Waals surface area contributed by atoms with Crippen LogP contribution >= 0.6 is 11.3 Å². The van der Waals surface area contributed by atoms with Crippen LogP contribution in [0, 0.1) is 5.92 Å². The van der Waals surface area contributed by atoms with Crippen LogP contribution in [0.3, 0.4) is 0 Å². The Morgan fingerprint density at radius 3 is 2.86 bits per heavy atom. The molecule has 1 saturated heterocycles. The Morgan fingerprint density at radius 2 is 2.19 bits per heavy atom. The number of hydrogen-bond acceptors (Lipinski definition) is 6. The van der Waals surface area contributed by atoms with E-state index in [9.17, 15) is 4.79 Å². The van der Waals surface area contributed by atoms with Crippen LogP contribution in [-0.4, -0.2) is 42.2 Å². The first-order chi connectivity index (χ1) is 10.1. The van der Waals surface area contributed by atoms with Crippen molar-refractivity contribution in [1.29, 1.82) is 0 Å². The van der Waals surface area contributed by atoms with Gasteiger partial charge in [-0.05, 0) is 31.6 Å². The predicted octanol–water partition coefficient (Wildman–Crippen LogP) is 1.46. The Bertz CT molecular complexity index is 472. The maximum absolute atomic E-state index is 12.2. The fourth-order valence-corrected chi connectivity index (χ4v) is 3.33. The highest BCUT2D eigenvalue weighted by molar-refractivity contribution is 7.18. The van der Waals surface area contributed by atoms with Crippen molar-refractivity contribution >= 4 is 28.2 Å². The third-order valence-electron chi connectivity index (χ3n) is 3.71. The number of carbonyl (C=O) groups is 1. The van der Waals surface area contributed by atoms with Crippen LogP contribution in [0.1, 0.15) is 42.3 Å². The van der Waals surface area contributed by atoms with Crippen LogP contribution in [0.2, 0.25) is 0 Å². The molecular formula is C14H24N4O2S. The molecule has 0 saturated carbocycles. The molecule has 2 heterocycles. The van der Waals surface area contributed by atoms with Gasteiger partial charge in [-0.15, -0.1) is 0 Å². The van der Waals surface area contributed by atoms with Crippen LogP contribution < -0.4 is 16.0 Å². The minimum atomic E-state index is -0.168. The summed E-state index contributed by atoms with van der Waals surface area (Å²) < 4.78 is 0. The summed E-state index contributed by atoms with van der Waals surface area (Å²) in [6, 6.07) is 0. The number of thiazole rings is 1. The maximum Gasteiger partial charge on any atom is 0.265 e. The molecule has 1 aromatic heterocycles. The third kappa shape index (κ3) is 4.31. The van der Waals surface area contributed by atoms with Crippen molar-refractivity contribution in [3.8, 4) is 0 Å². The van der Waals surface area contributed by atoms with Gasteiger partial charge in [-0.3, -0.25) is 4.79 Å². The van der Waals surface area contributed by atoms with E-state index in [0.717, 1.165) is 18.2 Å². The van der Waals surface area contributed by atoms with Crippen LogP contribution in [0.15, 0.2) is 0 Å². The molecule has 0 bridgehead atoms. The highest BCUT2D eigenvalue weighted by Gasteiger charge is 2.21. The summed E-state index contributed by atoms with van der Waals surface area (Å²) in [6.45, 7) is 4.64. The first-order valence-corrected chi connectivity index (χ1v) is 8.33. The molecule has 6 nitrogen and oxygen atoms in total. The number of rotatable bonds is 6. The second kappa shape index (κ2) is 7.61. The molecule has 1 fully saturated rings. The minimum Gasteiger partial charge on any atom is -0.396 e. The van der Waals surface area contributed by atoms with E-state index in [1.165, 1.54) is 30.6 Å². The van der Waals surface area contributed by atoms with Crippen molar-refractivity contribution in [1.82, 2.24) is 10.3 Å². The SMILES string of the molecule is CC(CCO)CNC(=O)c1sc(N2CCCCC2)nc1N. The molecule has 118 valence electrons. The van der Waals surface area contributed by atoms with E-state index in [1.807, 2.05) is 6.92 Å². The van der Waals surface area contributed by atoms with Gasteiger partial charge in [0, 0.05) is 26.2 Å². The molecule has 1 aromatic rings. The van der Waals surface area contributed by atoms with Crippen LogP contribution in [0.4, 0.5) is 10.9 Å².